The van der Waals surface area contributed by atoms with Gasteiger partial charge in [0.25, 0.3) is 0 Å². The highest BCUT2D eigenvalue weighted by Crippen LogP contribution is 2.31. The van der Waals surface area contributed by atoms with E-state index in [0.29, 0.717) is 0 Å². The van der Waals surface area contributed by atoms with Crippen molar-refractivity contribution in [3.63, 3.8) is 0 Å². The molecule has 1 heterocycles. The molecule has 0 spiro atoms. The van der Waals surface area contributed by atoms with Gasteiger partial charge >= 0.3 is 11.9 Å². The smallest absolute Gasteiger partial charge is 0.329 e. The third-order valence-electron chi connectivity index (χ3n) is 2.38. The first-order chi connectivity index (χ1) is 8.37. The first-order valence-electron chi connectivity index (χ1n) is 4.73. The van der Waals surface area contributed by atoms with E-state index in [9.17, 15) is 9.59 Å². The average molecular weight is 293 g/mol. The third-order valence-corrected chi connectivity index (χ3v) is 2.83. The molecule has 0 fully saturated rings. The van der Waals surface area contributed by atoms with E-state index in [0.717, 1.165) is 14.2 Å². The van der Waals surface area contributed by atoms with Gasteiger partial charge in [-0.15, -0.1) is 0 Å². The SMILES string of the molecule is COC(=O)C(C)(C(=O)OC)c1nc(Cl)ncc1Cl. The van der Waals surface area contributed by atoms with E-state index in [4.69, 9.17) is 23.2 Å². The van der Waals surface area contributed by atoms with Gasteiger partial charge in [0.2, 0.25) is 10.7 Å². The Bertz CT molecular complexity index is 477. The fourth-order valence-corrected chi connectivity index (χ4v) is 1.79. The Kier molecular flexibility index (Phi) is 4.48. The Labute approximate surface area is 113 Å². The van der Waals surface area contributed by atoms with Crippen LogP contribution in [0.15, 0.2) is 6.20 Å². The van der Waals surface area contributed by atoms with E-state index in [1.165, 1.54) is 13.1 Å². The lowest BCUT2D eigenvalue weighted by Gasteiger charge is -2.23. The quantitative estimate of drug-likeness (QED) is 0.476. The van der Waals surface area contributed by atoms with Crippen molar-refractivity contribution in [3.8, 4) is 0 Å². The summed E-state index contributed by atoms with van der Waals surface area (Å²) in [4.78, 5) is 31.1. The lowest BCUT2D eigenvalue weighted by molar-refractivity contribution is -0.161. The van der Waals surface area contributed by atoms with Gasteiger partial charge in [0.1, 0.15) is 0 Å². The normalized spacial score (nSPS) is 10.9. The standard InChI is InChI=1S/C10H10Cl2N2O4/c1-10(7(15)17-2,8(16)18-3)6-5(11)4-13-9(12)14-6/h4H,1-3H3. The van der Waals surface area contributed by atoms with Crippen molar-refractivity contribution in [3.05, 3.63) is 22.2 Å². The van der Waals surface area contributed by atoms with Crippen LogP contribution in [0.2, 0.25) is 10.3 Å². The number of esters is 2. The average Bonchev–Trinajstić information content (AvgIpc) is 2.38. The number of methoxy groups -OCH3 is 2. The molecular weight excluding hydrogens is 283 g/mol. The van der Waals surface area contributed by atoms with Gasteiger partial charge in [0.05, 0.1) is 31.1 Å². The fraction of sp³-hybridized carbons (Fsp3) is 0.400. The first kappa shape index (κ1) is 14.7. The van der Waals surface area contributed by atoms with Crippen molar-refractivity contribution in [2.24, 2.45) is 0 Å². The zero-order valence-corrected chi connectivity index (χ0v) is 11.4. The van der Waals surface area contributed by atoms with Crippen molar-refractivity contribution in [1.82, 2.24) is 9.97 Å². The van der Waals surface area contributed by atoms with Crippen molar-refractivity contribution in [1.29, 1.82) is 0 Å². The second-order valence-corrected chi connectivity index (χ2v) is 4.19. The summed E-state index contributed by atoms with van der Waals surface area (Å²) in [5.41, 5.74) is -1.87. The van der Waals surface area contributed by atoms with Gasteiger partial charge in [-0.05, 0) is 18.5 Å². The molecule has 0 atom stereocenters. The molecule has 0 saturated heterocycles. The highest BCUT2D eigenvalue weighted by Gasteiger charge is 2.48. The Hall–Kier alpha value is -1.40. The van der Waals surface area contributed by atoms with Gasteiger partial charge in [0, 0.05) is 0 Å². The second kappa shape index (κ2) is 5.49. The number of hydrogen-bond acceptors (Lipinski definition) is 6. The summed E-state index contributed by atoms with van der Waals surface area (Å²) in [6.45, 7) is 1.29. The minimum absolute atomic E-state index is 0.0118. The summed E-state index contributed by atoms with van der Waals surface area (Å²) in [5, 5.41) is -0.133. The predicted molar refractivity (Wildman–Crippen MR) is 63.4 cm³/mol. The van der Waals surface area contributed by atoms with E-state index in [1.54, 1.807) is 0 Å². The highest BCUT2D eigenvalue weighted by atomic mass is 35.5. The molecule has 0 aliphatic carbocycles. The van der Waals surface area contributed by atoms with Gasteiger partial charge in [-0.1, -0.05) is 11.6 Å². The fourth-order valence-electron chi connectivity index (χ4n) is 1.38. The third kappa shape index (κ3) is 2.39. The minimum atomic E-state index is -1.80. The molecular formula is C10H10Cl2N2O4. The number of hydrogen-bond donors (Lipinski definition) is 0. The van der Waals surface area contributed by atoms with Gasteiger partial charge in [-0.25, -0.2) is 9.97 Å². The van der Waals surface area contributed by atoms with Crippen LogP contribution < -0.4 is 0 Å². The Morgan fingerprint density at radius 2 is 1.72 bits per heavy atom. The van der Waals surface area contributed by atoms with E-state index < -0.39 is 17.4 Å². The van der Waals surface area contributed by atoms with E-state index in [-0.39, 0.29) is 16.0 Å². The predicted octanol–water partition coefficient (Wildman–Crippen LogP) is 1.39. The van der Waals surface area contributed by atoms with Gasteiger partial charge < -0.3 is 9.47 Å². The molecule has 0 aromatic carbocycles. The van der Waals surface area contributed by atoms with Crippen LogP contribution in [0.1, 0.15) is 12.6 Å². The van der Waals surface area contributed by atoms with E-state index in [1.807, 2.05) is 0 Å². The van der Waals surface area contributed by atoms with Crippen molar-refractivity contribution in [2.75, 3.05) is 14.2 Å². The number of carbonyl (C=O) groups excluding carboxylic acids is 2. The first-order valence-corrected chi connectivity index (χ1v) is 5.48. The molecule has 0 aliphatic rings. The lowest BCUT2D eigenvalue weighted by Crippen LogP contribution is -2.43. The molecule has 6 nitrogen and oxygen atoms in total. The van der Waals surface area contributed by atoms with Crippen LogP contribution in [0, 0.1) is 0 Å². The molecule has 0 saturated carbocycles. The topological polar surface area (TPSA) is 78.4 Å². The zero-order chi connectivity index (χ0) is 13.9. The van der Waals surface area contributed by atoms with Gasteiger partial charge in [-0.3, -0.25) is 9.59 Å². The van der Waals surface area contributed by atoms with Crippen molar-refractivity contribution < 1.29 is 19.1 Å². The van der Waals surface area contributed by atoms with E-state index in [2.05, 4.69) is 19.4 Å². The van der Waals surface area contributed by atoms with Crippen LogP contribution in [0.3, 0.4) is 0 Å². The van der Waals surface area contributed by atoms with Crippen molar-refractivity contribution >= 4 is 35.1 Å². The summed E-state index contributed by atoms with van der Waals surface area (Å²) in [7, 11) is 2.28. The molecule has 1 aromatic rings. The number of ether oxygens (including phenoxy) is 2. The van der Waals surface area contributed by atoms with Gasteiger partial charge in [0.15, 0.2) is 0 Å². The molecule has 0 radical (unpaired) electrons. The van der Waals surface area contributed by atoms with Crippen LogP contribution in [-0.2, 0) is 24.5 Å². The van der Waals surface area contributed by atoms with Crippen LogP contribution in [0.25, 0.3) is 0 Å². The lowest BCUT2D eigenvalue weighted by atomic mass is 9.86. The molecule has 18 heavy (non-hydrogen) atoms. The molecule has 0 N–H and O–H groups in total. The number of aromatic nitrogens is 2. The highest BCUT2D eigenvalue weighted by molar-refractivity contribution is 6.32. The van der Waals surface area contributed by atoms with Gasteiger partial charge in [-0.2, -0.15) is 0 Å². The van der Waals surface area contributed by atoms with Crippen LogP contribution in [0.5, 0.6) is 0 Å². The maximum Gasteiger partial charge on any atom is 0.329 e. The van der Waals surface area contributed by atoms with Crippen LogP contribution in [-0.4, -0.2) is 36.1 Å². The molecule has 0 unspecified atom stereocenters. The zero-order valence-electron chi connectivity index (χ0n) is 9.86. The molecule has 0 bridgehead atoms. The summed E-state index contributed by atoms with van der Waals surface area (Å²) in [5.74, 6) is -1.71. The van der Waals surface area contributed by atoms with Crippen LogP contribution >= 0.6 is 23.2 Å². The number of carbonyl (C=O) groups is 2. The summed E-state index contributed by atoms with van der Waals surface area (Å²) >= 11 is 11.5. The van der Waals surface area contributed by atoms with Crippen LogP contribution in [0.4, 0.5) is 0 Å². The van der Waals surface area contributed by atoms with E-state index >= 15 is 0 Å². The maximum atomic E-state index is 11.8. The summed E-state index contributed by atoms with van der Waals surface area (Å²) in [6.07, 6.45) is 1.19. The maximum absolute atomic E-state index is 11.8. The Morgan fingerprint density at radius 1 is 1.22 bits per heavy atom. The van der Waals surface area contributed by atoms with Crippen molar-refractivity contribution in [2.45, 2.75) is 12.3 Å². The molecule has 1 rings (SSSR count). The number of rotatable bonds is 3. The summed E-state index contributed by atoms with van der Waals surface area (Å²) < 4.78 is 9.17. The molecule has 98 valence electrons. The number of nitrogens with zero attached hydrogens (tertiary/aromatic N) is 2. The molecule has 8 heteroatoms. The minimum Gasteiger partial charge on any atom is -0.468 e. The Balaban J connectivity index is 3.48. The molecule has 0 amide bonds. The molecule has 0 aliphatic heterocycles. The summed E-state index contributed by atoms with van der Waals surface area (Å²) in [6, 6.07) is 0. The largest absolute Gasteiger partial charge is 0.468 e. The monoisotopic (exact) mass is 292 g/mol. The Morgan fingerprint density at radius 3 is 2.17 bits per heavy atom. The second-order valence-electron chi connectivity index (χ2n) is 3.44. The number of halogens is 2. The molecule has 1 aromatic heterocycles.